The van der Waals surface area contributed by atoms with E-state index in [2.05, 4.69) is 11.3 Å². The molecular weight excluding hydrogens is 817 g/mol. The summed E-state index contributed by atoms with van der Waals surface area (Å²) < 4.78 is 377. The number of esters is 1. The van der Waals surface area contributed by atoms with Crippen LogP contribution < -0.4 is 0 Å². The van der Waals surface area contributed by atoms with Crippen LogP contribution in [-0.4, -0.2) is 103 Å². The molecule has 0 aromatic heterocycles. The largest absolute Gasteiger partial charge is 0.460 e. The van der Waals surface area contributed by atoms with Gasteiger partial charge in [-0.25, -0.2) is 36.2 Å². The lowest BCUT2D eigenvalue weighted by Gasteiger charge is -2.52. The normalized spacial score (nSPS) is 25.9. The number of ether oxygens (including phenoxy) is 3. The van der Waals surface area contributed by atoms with Gasteiger partial charge in [-0.05, 0) is 0 Å². The number of carbonyl (C=O) groups excluding carboxylic acids is 1. The van der Waals surface area contributed by atoms with Crippen LogP contribution in [0.25, 0.3) is 0 Å². The smallest absolute Gasteiger partial charge is 0.436 e. The summed E-state index contributed by atoms with van der Waals surface area (Å²) in [6.07, 6.45) is -77.0. The first-order valence-corrected chi connectivity index (χ1v) is 11.7. The zero-order chi connectivity index (χ0) is 41.4. The van der Waals surface area contributed by atoms with E-state index in [1.807, 2.05) is 0 Å². The van der Waals surface area contributed by atoms with E-state index < -0.39 is 115 Å². The molecule has 51 heavy (non-hydrogen) atoms. The van der Waals surface area contributed by atoms with Gasteiger partial charge in [-0.3, -0.25) is 0 Å². The molecule has 1 rings (SSSR count). The molecule has 1 fully saturated rings. The molecule has 4 nitrogen and oxygen atoms in total. The van der Waals surface area contributed by atoms with Crippen molar-refractivity contribution >= 4 is 5.97 Å². The fourth-order valence-corrected chi connectivity index (χ4v) is 3.82. The summed E-state index contributed by atoms with van der Waals surface area (Å²) in [7, 11) is 0. The summed E-state index contributed by atoms with van der Waals surface area (Å²) in [6, 6.07) is 0. The lowest BCUT2D eigenvalue weighted by molar-refractivity contribution is -0.550. The van der Waals surface area contributed by atoms with Gasteiger partial charge in [0.2, 0.25) is 0 Å². The summed E-state index contributed by atoms with van der Waals surface area (Å²) in [6.45, 7) is 2.05. The highest BCUT2D eigenvalue weighted by atomic mass is 19.4. The molecule has 0 aromatic rings. The molecule has 1 aliphatic carbocycles. The lowest BCUT2D eigenvalue weighted by atomic mass is 9.70. The molecule has 0 radical (unpaired) electrons. The SMILES string of the molecule is C=CC(=O)OC(C1C(F)C(F)C(F)C(F)C1F)(C(F)(F)OC(F)(F)C(F)(F)C(F)(F)C(F)(F)F)C(F)(F)OC(F)(F)C(F)(F)C(F)(F)C(F)(F)F. The maximum atomic E-state index is 15.4. The first-order chi connectivity index (χ1) is 22.0. The van der Waals surface area contributed by atoms with Crippen molar-refractivity contribution in [2.75, 3.05) is 0 Å². The van der Waals surface area contributed by atoms with Gasteiger partial charge in [0.25, 0.3) is 0 Å². The molecule has 0 aliphatic heterocycles. The Morgan fingerprint density at radius 3 is 0.922 bits per heavy atom. The average Bonchev–Trinajstić information content (AvgIpc) is 2.91. The Morgan fingerprint density at radius 1 is 0.431 bits per heavy atom. The molecule has 4 unspecified atom stereocenters. The van der Waals surface area contributed by atoms with Crippen molar-refractivity contribution in [1.29, 1.82) is 0 Å². The summed E-state index contributed by atoms with van der Waals surface area (Å²) in [5.41, 5.74) is -7.97. The van der Waals surface area contributed by atoms with Crippen molar-refractivity contribution in [3.8, 4) is 0 Å². The third kappa shape index (κ3) is 6.92. The lowest BCUT2D eigenvalue weighted by Crippen LogP contribution is -2.78. The van der Waals surface area contributed by atoms with Crippen LogP contribution in [0.15, 0.2) is 12.7 Å². The summed E-state index contributed by atoms with van der Waals surface area (Å²) in [4.78, 5) is 11.7. The Morgan fingerprint density at radius 2 is 0.686 bits per heavy atom. The fourth-order valence-electron chi connectivity index (χ4n) is 3.82. The van der Waals surface area contributed by atoms with Crippen LogP contribution in [0.1, 0.15) is 0 Å². The number of halogens is 27. The minimum atomic E-state index is -8.70. The minimum Gasteiger partial charge on any atom is -0.436 e. The van der Waals surface area contributed by atoms with Gasteiger partial charge >= 0.3 is 72.0 Å². The van der Waals surface area contributed by atoms with Crippen LogP contribution in [0.2, 0.25) is 0 Å². The van der Waals surface area contributed by atoms with E-state index in [4.69, 9.17) is 0 Å². The fraction of sp³-hybridized carbons (Fsp3) is 0.850. The van der Waals surface area contributed by atoms with Crippen molar-refractivity contribution in [1.82, 2.24) is 0 Å². The maximum absolute atomic E-state index is 15.4. The van der Waals surface area contributed by atoms with Crippen molar-refractivity contribution in [3.05, 3.63) is 12.7 Å². The van der Waals surface area contributed by atoms with Crippen LogP contribution in [0.3, 0.4) is 0 Å². The van der Waals surface area contributed by atoms with Crippen molar-refractivity contribution < 1.29 is 138 Å². The van der Waals surface area contributed by atoms with Gasteiger partial charge in [0, 0.05) is 6.08 Å². The van der Waals surface area contributed by atoms with Crippen LogP contribution in [0.5, 0.6) is 0 Å². The summed E-state index contributed by atoms with van der Waals surface area (Å²) in [5, 5.41) is 0. The topological polar surface area (TPSA) is 44.8 Å². The third-order valence-electron chi connectivity index (χ3n) is 6.41. The molecule has 31 heteroatoms. The predicted octanol–water partition coefficient (Wildman–Crippen LogP) is 8.84. The second kappa shape index (κ2) is 13.0. The molecule has 1 saturated carbocycles. The molecule has 0 amide bonds. The van der Waals surface area contributed by atoms with Gasteiger partial charge in [0.05, 0.1) is 5.92 Å². The van der Waals surface area contributed by atoms with E-state index in [0.29, 0.717) is 0 Å². The number of hydrogen-bond donors (Lipinski definition) is 0. The Hall–Kier alpha value is -2.76. The van der Waals surface area contributed by atoms with Crippen molar-refractivity contribution in [2.45, 2.75) is 96.9 Å². The van der Waals surface area contributed by atoms with Gasteiger partial charge in [0.1, 0.15) is 12.3 Å². The standard InChI is InChI=1S/C20H9F27O4/c1-2-3(48)49-10(4-5(21)7(23)9(25)8(24)6(4)22,17(40,41)50-19(44,45)13(30,31)11(26,27)15(34,35)36)18(42,43)51-20(46,47)14(32,33)12(28,29)16(37,38)39/h2,4-9H,1H2. The Bertz CT molecular complexity index is 1190. The Labute approximate surface area is 260 Å². The molecule has 0 spiro atoms. The van der Waals surface area contributed by atoms with E-state index >= 15 is 17.6 Å². The number of alkyl halides is 27. The molecule has 0 saturated heterocycles. The monoisotopic (exact) mass is 826 g/mol. The van der Waals surface area contributed by atoms with Crippen LogP contribution in [-0.2, 0) is 19.0 Å². The number of carbonyl (C=O) groups is 1. The third-order valence-corrected chi connectivity index (χ3v) is 6.41. The minimum absolute atomic E-state index is 1.06. The maximum Gasteiger partial charge on any atom is 0.460 e. The highest BCUT2D eigenvalue weighted by Gasteiger charge is 2.91. The zero-order valence-electron chi connectivity index (χ0n) is 22.6. The first kappa shape index (κ1) is 46.3. The van der Waals surface area contributed by atoms with Gasteiger partial charge in [-0.1, -0.05) is 6.58 Å². The molecule has 0 bridgehead atoms. The van der Waals surface area contributed by atoms with Crippen molar-refractivity contribution in [2.24, 2.45) is 5.92 Å². The molecule has 302 valence electrons. The second-order valence-corrected chi connectivity index (χ2v) is 9.67. The quantitative estimate of drug-likeness (QED) is 0.106. The first-order valence-electron chi connectivity index (χ1n) is 11.7. The van der Waals surface area contributed by atoms with Gasteiger partial charge in [-0.2, -0.15) is 96.6 Å². The molecule has 0 N–H and O–H groups in total. The van der Waals surface area contributed by atoms with Gasteiger partial charge < -0.3 is 4.74 Å². The van der Waals surface area contributed by atoms with Crippen LogP contribution in [0, 0.1) is 5.92 Å². The second-order valence-electron chi connectivity index (χ2n) is 9.67. The number of hydrogen-bond acceptors (Lipinski definition) is 4. The van der Waals surface area contributed by atoms with E-state index in [1.54, 1.807) is 0 Å². The van der Waals surface area contributed by atoms with Crippen LogP contribution >= 0.6 is 0 Å². The van der Waals surface area contributed by atoms with Gasteiger partial charge in [-0.15, -0.1) is 0 Å². The predicted molar refractivity (Wildman–Crippen MR) is 101 cm³/mol. The summed E-state index contributed by atoms with van der Waals surface area (Å²) in [5.74, 6) is -43.8. The molecule has 1 aliphatic rings. The van der Waals surface area contributed by atoms with E-state index in [-0.39, 0.29) is 0 Å². The van der Waals surface area contributed by atoms with Gasteiger partial charge in [0.15, 0.2) is 18.5 Å². The van der Waals surface area contributed by atoms with Crippen LogP contribution in [0.4, 0.5) is 119 Å². The number of rotatable bonds is 13. The zero-order valence-corrected chi connectivity index (χ0v) is 22.6. The highest BCUT2D eigenvalue weighted by molar-refractivity contribution is 5.81. The average molecular weight is 826 g/mol. The highest BCUT2D eigenvalue weighted by Crippen LogP contribution is 2.63. The van der Waals surface area contributed by atoms with E-state index in [1.165, 1.54) is 9.47 Å². The Kier molecular flexibility index (Phi) is 11.8. The Balaban J connectivity index is 4.47. The van der Waals surface area contributed by atoms with E-state index in [0.717, 1.165) is 0 Å². The molecule has 4 atom stereocenters. The molecular formula is C20H9F27O4. The van der Waals surface area contributed by atoms with Crippen molar-refractivity contribution in [3.63, 3.8) is 0 Å². The summed E-state index contributed by atoms with van der Waals surface area (Å²) >= 11 is 0. The molecule has 0 aromatic carbocycles. The van der Waals surface area contributed by atoms with E-state index in [9.17, 15) is 106 Å². The molecule has 0 heterocycles.